The van der Waals surface area contributed by atoms with Crippen molar-refractivity contribution in [2.75, 3.05) is 7.11 Å². The van der Waals surface area contributed by atoms with Crippen LogP contribution in [-0.4, -0.2) is 58.0 Å². The summed E-state index contributed by atoms with van der Waals surface area (Å²) >= 11 is 1.32. The van der Waals surface area contributed by atoms with Crippen molar-refractivity contribution in [1.29, 1.82) is 0 Å². The van der Waals surface area contributed by atoms with Crippen LogP contribution in [0.4, 0.5) is 0 Å². The Labute approximate surface area is 212 Å². The fourth-order valence-electron chi connectivity index (χ4n) is 3.81. The third kappa shape index (κ3) is 5.14. The molecule has 2 heterocycles. The number of fused-ring (bicyclic) bond motifs is 1. The van der Waals surface area contributed by atoms with Crippen molar-refractivity contribution in [3.05, 3.63) is 47.7 Å². The van der Waals surface area contributed by atoms with Gasteiger partial charge in [-0.15, -0.1) is 11.8 Å². The van der Waals surface area contributed by atoms with Gasteiger partial charge in [-0.2, -0.15) is 0 Å². The Morgan fingerprint density at radius 2 is 1.88 bits per heavy atom. The monoisotopic (exact) mass is 469 g/mol. The standard InChI is InChI=1S/C21H25N3O6S.Na/c1-11(10-13(25)30-4)22-14(12-8-6-5-7-9-12)17(26)23-15-18(27)24-16(20(28)29)21(2,3)31-19(15)24;/h5-10,14-16,19,22H,1-4H3,(H,23,26)(H,28,29);/q;+1/p-1/b11-10+;/t14?,15?,16-,19+;/m0./s1. The molecule has 0 radical (unpaired) electrons. The van der Waals surface area contributed by atoms with Gasteiger partial charge in [-0.1, -0.05) is 30.3 Å². The fourth-order valence-corrected chi connectivity index (χ4v) is 5.43. The van der Waals surface area contributed by atoms with Gasteiger partial charge in [0.05, 0.1) is 19.1 Å². The molecule has 2 fully saturated rings. The van der Waals surface area contributed by atoms with E-state index in [9.17, 15) is 24.3 Å². The number of nitrogens with zero attached hydrogens (tertiary/aromatic N) is 1. The number of ether oxygens (including phenoxy) is 1. The van der Waals surface area contributed by atoms with Crippen LogP contribution >= 0.6 is 11.8 Å². The molecule has 0 spiro atoms. The van der Waals surface area contributed by atoms with E-state index in [1.54, 1.807) is 51.1 Å². The number of nitrogens with one attached hydrogen (secondary N) is 2. The summed E-state index contributed by atoms with van der Waals surface area (Å²) in [4.78, 5) is 50.1. The first-order valence-electron chi connectivity index (χ1n) is 9.65. The molecule has 1 aromatic carbocycles. The van der Waals surface area contributed by atoms with E-state index in [1.165, 1.54) is 29.8 Å². The van der Waals surface area contributed by atoms with E-state index in [4.69, 9.17) is 0 Å². The number of amides is 2. The minimum atomic E-state index is -1.31. The molecule has 2 aliphatic heterocycles. The van der Waals surface area contributed by atoms with Crippen molar-refractivity contribution in [2.24, 2.45) is 0 Å². The summed E-state index contributed by atoms with van der Waals surface area (Å²) in [6, 6.07) is 6.06. The van der Waals surface area contributed by atoms with E-state index in [0.29, 0.717) is 11.3 Å². The van der Waals surface area contributed by atoms with Gasteiger partial charge in [0.1, 0.15) is 17.5 Å². The Morgan fingerprint density at radius 1 is 1.25 bits per heavy atom. The van der Waals surface area contributed by atoms with E-state index in [0.717, 1.165) is 0 Å². The second kappa shape index (κ2) is 10.3. The van der Waals surface area contributed by atoms with Gasteiger partial charge in [0, 0.05) is 16.5 Å². The molecule has 2 aliphatic rings. The van der Waals surface area contributed by atoms with E-state index >= 15 is 0 Å². The predicted molar refractivity (Wildman–Crippen MR) is 111 cm³/mol. The molecule has 2 N–H and O–H groups in total. The van der Waals surface area contributed by atoms with Crippen molar-refractivity contribution in [1.82, 2.24) is 15.5 Å². The molecule has 0 saturated carbocycles. The Kier molecular flexibility index (Phi) is 8.44. The van der Waals surface area contributed by atoms with Gasteiger partial charge in [-0.3, -0.25) is 9.59 Å². The van der Waals surface area contributed by atoms with Crippen LogP contribution in [0.15, 0.2) is 42.1 Å². The number of carboxylic acid groups (broad SMARTS) is 1. The van der Waals surface area contributed by atoms with Gasteiger partial charge in [0.15, 0.2) is 0 Å². The number of benzene rings is 1. The third-order valence-electron chi connectivity index (χ3n) is 5.26. The van der Waals surface area contributed by atoms with Crippen LogP contribution in [0.25, 0.3) is 0 Å². The first-order valence-corrected chi connectivity index (χ1v) is 10.5. The zero-order valence-corrected chi connectivity index (χ0v) is 21.4. The average molecular weight is 469 g/mol. The number of carbonyl (C=O) groups is 4. The van der Waals surface area contributed by atoms with Gasteiger partial charge in [0.2, 0.25) is 11.8 Å². The number of rotatable bonds is 7. The van der Waals surface area contributed by atoms with Crippen molar-refractivity contribution in [3.63, 3.8) is 0 Å². The van der Waals surface area contributed by atoms with Crippen LogP contribution in [-0.2, 0) is 23.9 Å². The summed E-state index contributed by atoms with van der Waals surface area (Å²) in [5, 5.41) is 16.8. The van der Waals surface area contributed by atoms with E-state index in [1.807, 2.05) is 0 Å². The molecule has 1 aromatic rings. The van der Waals surface area contributed by atoms with Crippen molar-refractivity contribution in [3.8, 4) is 0 Å². The summed E-state index contributed by atoms with van der Waals surface area (Å²) in [7, 11) is 1.25. The topological polar surface area (TPSA) is 128 Å². The van der Waals surface area contributed by atoms with Crippen LogP contribution in [0.1, 0.15) is 32.4 Å². The molecule has 11 heteroatoms. The van der Waals surface area contributed by atoms with Gasteiger partial charge < -0.3 is 30.2 Å². The number of esters is 1. The van der Waals surface area contributed by atoms with E-state index in [-0.39, 0.29) is 29.6 Å². The zero-order valence-electron chi connectivity index (χ0n) is 18.6. The van der Waals surface area contributed by atoms with Gasteiger partial charge >= 0.3 is 35.5 Å². The molecule has 2 saturated heterocycles. The summed E-state index contributed by atoms with van der Waals surface area (Å²) in [5.74, 6) is -2.82. The van der Waals surface area contributed by atoms with Crippen LogP contribution in [0.2, 0.25) is 0 Å². The molecule has 4 atom stereocenters. The number of thioether (sulfide) groups is 1. The summed E-state index contributed by atoms with van der Waals surface area (Å²) < 4.78 is 3.87. The maximum absolute atomic E-state index is 13.1. The molecule has 2 amide bonds. The number of hydrogen-bond donors (Lipinski definition) is 2. The first-order chi connectivity index (χ1) is 14.6. The number of β-lactam (4-membered cyclic amide) rings is 1. The van der Waals surface area contributed by atoms with Crippen molar-refractivity contribution >= 4 is 35.5 Å². The molecular weight excluding hydrogens is 445 g/mol. The molecule has 32 heavy (non-hydrogen) atoms. The summed E-state index contributed by atoms with van der Waals surface area (Å²) in [5.41, 5.74) is 1.04. The maximum Gasteiger partial charge on any atom is 1.00 e. The van der Waals surface area contributed by atoms with Gasteiger partial charge in [-0.25, -0.2) is 4.79 Å². The second-order valence-corrected chi connectivity index (χ2v) is 9.67. The zero-order chi connectivity index (χ0) is 22.9. The average Bonchev–Trinajstić information content (AvgIpc) is 2.98. The van der Waals surface area contributed by atoms with Gasteiger partial charge in [-0.05, 0) is 26.3 Å². The summed E-state index contributed by atoms with van der Waals surface area (Å²) in [6.45, 7) is 5.09. The minimum absolute atomic E-state index is 0. The smallest absolute Gasteiger partial charge is 0.548 e. The van der Waals surface area contributed by atoms with Crippen LogP contribution < -0.4 is 45.3 Å². The molecule has 166 valence electrons. The van der Waals surface area contributed by atoms with Crippen LogP contribution in [0.5, 0.6) is 0 Å². The maximum atomic E-state index is 13.1. The third-order valence-corrected chi connectivity index (χ3v) is 6.84. The Balaban J connectivity index is 0.00000363. The number of methoxy groups -OCH3 is 1. The Hall–Kier alpha value is -2.01. The predicted octanol–water partition coefficient (Wildman–Crippen LogP) is -3.30. The largest absolute Gasteiger partial charge is 1.00 e. The molecule has 2 unspecified atom stereocenters. The second-order valence-electron chi connectivity index (χ2n) is 7.90. The molecule has 0 aliphatic carbocycles. The molecular formula is C21H24N3NaO6S. The van der Waals surface area contributed by atoms with Crippen LogP contribution in [0.3, 0.4) is 0 Å². The SMILES string of the molecule is COC(=O)/C=C(\C)NC(C(=O)NC1C(=O)N2[C@@H]1SC(C)(C)[C@@H]2C(=O)[O-])c1ccccc1.[Na+]. The molecule has 0 aromatic heterocycles. The van der Waals surface area contributed by atoms with Crippen LogP contribution in [0, 0.1) is 0 Å². The molecule has 0 bridgehead atoms. The van der Waals surface area contributed by atoms with E-state index in [2.05, 4.69) is 15.4 Å². The number of aliphatic carboxylic acids is 1. The molecule has 3 rings (SSSR count). The normalized spacial score (nSPS) is 24.4. The number of allylic oxidation sites excluding steroid dienone is 1. The number of hydrogen-bond acceptors (Lipinski definition) is 8. The summed E-state index contributed by atoms with van der Waals surface area (Å²) in [6.07, 6.45) is 1.22. The van der Waals surface area contributed by atoms with Gasteiger partial charge in [0.25, 0.3) is 0 Å². The Bertz CT molecular complexity index is 939. The number of carboxylic acids is 1. The molecule has 9 nitrogen and oxygen atoms in total. The number of carbonyl (C=O) groups excluding carboxylic acids is 4. The minimum Gasteiger partial charge on any atom is -0.548 e. The van der Waals surface area contributed by atoms with Crippen molar-refractivity contribution < 1.29 is 58.6 Å². The van der Waals surface area contributed by atoms with E-state index < -0.39 is 52.0 Å². The Morgan fingerprint density at radius 3 is 2.44 bits per heavy atom. The fraction of sp³-hybridized carbons (Fsp3) is 0.429. The first kappa shape index (κ1) is 26.2. The quantitative estimate of drug-likeness (QED) is 0.184. The van der Waals surface area contributed by atoms with Crippen molar-refractivity contribution in [2.45, 2.75) is 49.0 Å².